The van der Waals surface area contributed by atoms with E-state index in [0.717, 1.165) is 5.56 Å². The summed E-state index contributed by atoms with van der Waals surface area (Å²) < 4.78 is 36.6. The van der Waals surface area contributed by atoms with Crippen molar-refractivity contribution in [2.45, 2.75) is 38.4 Å². The van der Waals surface area contributed by atoms with Gasteiger partial charge in [-0.3, -0.25) is 4.98 Å². The first-order chi connectivity index (χ1) is 8.42. The van der Waals surface area contributed by atoms with Gasteiger partial charge in [-0.1, -0.05) is 6.92 Å². The molecule has 18 heavy (non-hydrogen) atoms. The predicted molar refractivity (Wildman–Crippen MR) is 65.1 cm³/mol. The fraction of sp³-hybridized carbons (Fsp3) is 0.583. The Morgan fingerprint density at radius 3 is 2.72 bits per heavy atom. The van der Waals surface area contributed by atoms with E-state index in [4.69, 9.17) is 5.73 Å². The maximum atomic E-state index is 12.2. The van der Waals surface area contributed by atoms with Crippen molar-refractivity contribution in [2.75, 3.05) is 12.3 Å². The van der Waals surface area contributed by atoms with E-state index in [1.54, 1.807) is 18.5 Å². The van der Waals surface area contributed by atoms with Gasteiger partial charge >= 0.3 is 6.18 Å². The van der Waals surface area contributed by atoms with Gasteiger partial charge in [0.15, 0.2) is 0 Å². The second-order valence-corrected chi connectivity index (χ2v) is 4.19. The van der Waals surface area contributed by atoms with Gasteiger partial charge in [0.25, 0.3) is 0 Å². The van der Waals surface area contributed by atoms with Crippen LogP contribution in [0.4, 0.5) is 18.9 Å². The molecule has 0 aliphatic carbocycles. The molecule has 102 valence electrons. The smallest absolute Gasteiger partial charge is 0.389 e. The third-order valence-electron chi connectivity index (χ3n) is 2.68. The molecule has 3 nitrogen and oxygen atoms in total. The van der Waals surface area contributed by atoms with Crippen LogP contribution in [-0.4, -0.2) is 23.7 Å². The van der Waals surface area contributed by atoms with Crippen molar-refractivity contribution in [3.05, 3.63) is 24.0 Å². The van der Waals surface area contributed by atoms with E-state index in [0.29, 0.717) is 18.7 Å². The van der Waals surface area contributed by atoms with Crippen LogP contribution in [-0.2, 0) is 6.42 Å². The minimum atomic E-state index is -4.12. The Hall–Kier alpha value is -1.30. The molecule has 0 saturated heterocycles. The molecular weight excluding hydrogens is 243 g/mol. The summed E-state index contributed by atoms with van der Waals surface area (Å²) in [6, 6.07) is 1.42. The summed E-state index contributed by atoms with van der Waals surface area (Å²) in [4.78, 5) is 3.94. The first-order valence-corrected chi connectivity index (χ1v) is 5.91. The van der Waals surface area contributed by atoms with Gasteiger partial charge < -0.3 is 11.1 Å². The Balaban J connectivity index is 2.60. The number of pyridine rings is 1. The van der Waals surface area contributed by atoms with Gasteiger partial charge in [0, 0.05) is 30.5 Å². The lowest BCUT2D eigenvalue weighted by atomic mass is 10.0. The standard InChI is InChI=1S/C12H18F3N3/c1-2-18-10(3-5-12(13,14)15)7-9-8-17-6-4-11(9)16/h4,6,8,10,18H,2-3,5,7H2,1H3,(H2,16,17). The fourth-order valence-electron chi connectivity index (χ4n) is 1.78. The molecule has 0 aliphatic heterocycles. The lowest BCUT2D eigenvalue weighted by Crippen LogP contribution is -2.32. The number of hydrogen-bond acceptors (Lipinski definition) is 3. The molecule has 0 spiro atoms. The molecule has 6 heteroatoms. The Morgan fingerprint density at radius 1 is 1.44 bits per heavy atom. The molecule has 0 fully saturated rings. The molecule has 0 radical (unpaired) electrons. The van der Waals surface area contributed by atoms with E-state index in [2.05, 4.69) is 10.3 Å². The van der Waals surface area contributed by atoms with Crippen LogP contribution in [0.3, 0.4) is 0 Å². The van der Waals surface area contributed by atoms with Gasteiger partial charge in [0.2, 0.25) is 0 Å². The van der Waals surface area contributed by atoms with Crippen molar-refractivity contribution in [1.29, 1.82) is 0 Å². The molecule has 1 atom stereocenters. The highest BCUT2D eigenvalue weighted by Gasteiger charge is 2.28. The summed E-state index contributed by atoms with van der Waals surface area (Å²) in [7, 11) is 0. The third-order valence-corrected chi connectivity index (χ3v) is 2.68. The minimum Gasteiger partial charge on any atom is -0.398 e. The number of aromatic nitrogens is 1. The Kier molecular flexibility index (Phi) is 5.40. The topological polar surface area (TPSA) is 50.9 Å². The Labute approximate surface area is 105 Å². The van der Waals surface area contributed by atoms with Gasteiger partial charge in [0.1, 0.15) is 0 Å². The van der Waals surface area contributed by atoms with Crippen LogP contribution in [0.25, 0.3) is 0 Å². The number of nitrogens with one attached hydrogen (secondary N) is 1. The van der Waals surface area contributed by atoms with Crippen LogP contribution in [0.5, 0.6) is 0 Å². The van der Waals surface area contributed by atoms with Crippen LogP contribution in [0.1, 0.15) is 25.3 Å². The second-order valence-electron chi connectivity index (χ2n) is 4.19. The Morgan fingerprint density at radius 2 is 2.17 bits per heavy atom. The number of nitrogen functional groups attached to an aromatic ring is 1. The van der Waals surface area contributed by atoms with E-state index in [1.807, 2.05) is 6.92 Å². The Bertz CT molecular complexity index is 366. The fourth-order valence-corrected chi connectivity index (χ4v) is 1.78. The van der Waals surface area contributed by atoms with Crippen molar-refractivity contribution >= 4 is 5.69 Å². The maximum Gasteiger partial charge on any atom is 0.389 e. The van der Waals surface area contributed by atoms with Crippen LogP contribution in [0.2, 0.25) is 0 Å². The highest BCUT2D eigenvalue weighted by molar-refractivity contribution is 5.44. The quantitative estimate of drug-likeness (QED) is 0.827. The number of hydrogen-bond donors (Lipinski definition) is 2. The third kappa shape index (κ3) is 5.35. The van der Waals surface area contributed by atoms with E-state index >= 15 is 0 Å². The molecule has 0 saturated carbocycles. The molecule has 0 amide bonds. The van der Waals surface area contributed by atoms with Gasteiger partial charge in [-0.25, -0.2) is 0 Å². The molecule has 0 bridgehead atoms. The van der Waals surface area contributed by atoms with Crippen molar-refractivity contribution in [1.82, 2.24) is 10.3 Å². The van der Waals surface area contributed by atoms with E-state index in [1.165, 1.54) is 0 Å². The first-order valence-electron chi connectivity index (χ1n) is 5.91. The van der Waals surface area contributed by atoms with Crippen molar-refractivity contribution < 1.29 is 13.2 Å². The number of nitrogens with zero attached hydrogens (tertiary/aromatic N) is 1. The number of rotatable bonds is 6. The number of anilines is 1. The van der Waals surface area contributed by atoms with Gasteiger partial charge in [0.05, 0.1) is 0 Å². The van der Waals surface area contributed by atoms with E-state index < -0.39 is 12.6 Å². The molecular formula is C12H18F3N3. The lowest BCUT2D eigenvalue weighted by Gasteiger charge is -2.19. The number of likely N-dealkylation sites (N-methyl/N-ethyl adjacent to an activating group) is 1. The minimum absolute atomic E-state index is 0.0473. The molecule has 3 N–H and O–H groups in total. The van der Waals surface area contributed by atoms with Gasteiger partial charge in [-0.05, 0) is 31.0 Å². The molecule has 1 unspecified atom stereocenters. The first kappa shape index (κ1) is 14.8. The van der Waals surface area contributed by atoms with Gasteiger partial charge in [-0.2, -0.15) is 13.2 Å². The van der Waals surface area contributed by atoms with Crippen LogP contribution in [0.15, 0.2) is 18.5 Å². The summed E-state index contributed by atoms with van der Waals surface area (Å²) in [5, 5.41) is 3.05. The normalized spacial score (nSPS) is 13.6. The molecule has 0 aromatic carbocycles. The highest BCUT2D eigenvalue weighted by atomic mass is 19.4. The molecule has 1 aromatic rings. The molecule has 1 rings (SSSR count). The zero-order chi connectivity index (χ0) is 13.6. The zero-order valence-electron chi connectivity index (χ0n) is 10.3. The average molecular weight is 261 g/mol. The van der Waals surface area contributed by atoms with Crippen LogP contribution in [0, 0.1) is 0 Å². The zero-order valence-corrected chi connectivity index (χ0v) is 10.3. The molecule has 1 heterocycles. The van der Waals surface area contributed by atoms with E-state index in [-0.39, 0.29) is 12.5 Å². The van der Waals surface area contributed by atoms with Crippen molar-refractivity contribution in [2.24, 2.45) is 0 Å². The maximum absolute atomic E-state index is 12.2. The highest BCUT2D eigenvalue weighted by Crippen LogP contribution is 2.23. The summed E-state index contributed by atoms with van der Waals surface area (Å²) in [6.07, 6.45) is -1.22. The summed E-state index contributed by atoms with van der Waals surface area (Å²) in [6.45, 7) is 2.50. The number of halogens is 3. The summed E-state index contributed by atoms with van der Waals surface area (Å²) in [5.41, 5.74) is 7.11. The van der Waals surface area contributed by atoms with Crippen molar-refractivity contribution in [3.8, 4) is 0 Å². The monoisotopic (exact) mass is 261 g/mol. The van der Waals surface area contributed by atoms with Crippen LogP contribution >= 0.6 is 0 Å². The molecule has 0 aliphatic rings. The van der Waals surface area contributed by atoms with Gasteiger partial charge in [-0.15, -0.1) is 0 Å². The second kappa shape index (κ2) is 6.58. The number of nitrogens with two attached hydrogens (primary N) is 1. The summed E-state index contributed by atoms with van der Waals surface area (Å²) >= 11 is 0. The predicted octanol–water partition coefficient (Wildman–Crippen LogP) is 2.53. The SMILES string of the molecule is CCNC(CCC(F)(F)F)Cc1cnccc1N. The van der Waals surface area contributed by atoms with Crippen LogP contribution < -0.4 is 11.1 Å². The van der Waals surface area contributed by atoms with E-state index in [9.17, 15) is 13.2 Å². The van der Waals surface area contributed by atoms with Crippen molar-refractivity contribution in [3.63, 3.8) is 0 Å². The number of alkyl halides is 3. The average Bonchev–Trinajstić information content (AvgIpc) is 2.28. The molecule has 1 aromatic heterocycles. The largest absolute Gasteiger partial charge is 0.398 e. The lowest BCUT2D eigenvalue weighted by molar-refractivity contribution is -0.136. The summed E-state index contributed by atoms with van der Waals surface area (Å²) in [5.74, 6) is 0.